The van der Waals surface area contributed by atoms with Gasteiger partial charge in [0.05, 0.1) is 6.10 Å². The van der Waals surface area contributed by atoms with E-state index in [0.29, 0.717) is 18.9 Å². The van der Waals surface area contributed by atoms with Crippen molar-refractivity contribution in [3.63, 3.8) is 0 Å². The van der Waals surface area contributed by atoms with Gasteiger partial charge < -0.3 is 19.6 Å². The number of nitrogens with zero attached hydrogens (tertiary/aromatic N) is 2. The van der Waals surface area contributed by atoms with Crippen LogP contribution in [0.1, 0.15) is 39.2 Å². The molecule has 0 unspecified atom stereocenters. The quantitative estimate of drug-likeness (QED) is 0.844. The Morgan fingerprint density at radius 1 is 1.27 bits per heavy atom. The van der Waals surface area contributed by atoms with Gasteiger partial charge in [0.1, 0.15) is 5.60 Å². The summed E-state index contributed by atoms with van der Waals surface area (Å²) in [6, 6.07) is 10.1. The van der Waals surface area contributed by atoms with Gasteiger partial charge in [0.25, 0.3) is 0 Å². The van der Waals surface area contributed by atoms with Gasteiger partial charge in [0.15, 0.2) is 0 Å². The second-order valence-electron chi connectivity index (χ2n) is 8.45. The van der Waals surface area contributed by atoms with E-state index >= 15 is 0 Å². The summed E-state index contributed by atoms with van der Waals surface area (Å²) >= 11 is 0. The number of rotatable bonds is 6. The van der Waals surface area contributed by atoms with Crippen LogP contribution >= 0.6 is 0 Å². The summed E-state index contributed by atoms with van der Waals surface area (Å²) in [4.78, 5) is 16.1. The molecule has 2 rings (SSSR count). The molecular weight excluding hydrogens is 328 g/mol. The maximum Gasteiger partial charge on any atom is 0.410 e. The van der Waals surface area contributed by atoms with Crippen LogP contribution in [0.2, 0.25) is 0 Å². The molecule has 1 amide bonds. The van der Waals surface area contributed by atoms with Crippen LogP contribution in [0.15, 0.2) is 30.3 Å². The molecular formula is C21H34N2O3. The Morgan fingerprint density at radius 2 is 1.88 bits per heavy atom. The molecule has 0 saturated carbocycles. The molecule has 5 nitrogen and oxygen atoms in total. The van der Waals surface area contributed by atoms with Gasteiger partial charge in [0, 0.05) is 20.1 Å². The molecule has 1 aromatic carbocycles. The standard InChI is InChI=1S/C21H34N2O3/c1-21(2,3)26-20(25)22(4)15-18-10-12-23(13-11-18)16-19(24)14-17-8-6-5-7-9-17/h5-9,18-19,24H,10-16H2,1-4H3/t19-/m1/s1. The Kier molecular flexibility index (Phi) is 7.47. The number of ether oxygens (including phenoxy) is 1. The van der Waals surface area contributed by atoms with E-state index in [4.69, 9.17) is 4.74 Å². The second-order valence-corrected chi connectivity index (χ2v) is 8.45. The third kappa shape index (κ3) is 7.34. The highest BCUT2D eigenvalue weighted by Crippen LogP contribution is 2.20. The van der Waals surface area contributed by atoms with Crippen molar-refractivity contribution in [3.8, 4) is 0 Å². The monoisotopic (exact) mass is 362 g/mol. The molecule has 5 heteroatoms. The number of benzene rings is 1. The van der Waals surface area contributed by atoms with Crippen LogP contribution < -0.4 is 0 Å². The zero-order valence-electron chi connectivity index (χ0n) is 16.6. The zero-order valence-corrected chi connectivity index (χ0v) is 16.6. The molecule has 1 fully saturated rings. The average molecular weight is 363 g/mol. The molecule has 1 aliphatic heterocycles. The van der Waals surface area contributed by atoms with Gasteiger partial charge in [-0.15, -0.1) is 0 Å². The number of aliphatic hydroxyl groups excluding tert-OH is 1. The number of carbonyl (C=O) groups is 1. The topological polar surface area (TPSA) is 53.0 Å². The van der Waals surface area contributed by atoms with Crippen LogP contribution in [0.25, 0.3) is 0 Å². The van der Waals surface area contributed by atoms with Gasteiger partial charge in [-0.25, -0.2) is 4.79 Å². The van der Waals surface area contributed by atoms with Crippen LogP contribution in [0.3, 0.4) is 0 Å². The first-order chi connectivity index (χ1) is 12.2. The van der Waals surface area contributed by atoms with Crippen molar-refractivity contribution in [3.05, 3.63) is 35.9 Å². The predicted molar refractivity (Wildman–Crippen MR) is 104 cm³/mol. The van der Waals surface area contributed by atoms with E-state index in [2.05, 4.69) is 17.0 Å². The number of likely N-dealkylation sites (tertiary alicyclic amines) is 1. The Bertz CT molecular complexity index is 548. The van der Waals surface area contributed by atoms with Crippen molar-refractivity contribution in [1.82, 2.24) is 9.80 Å². The summed E-state index contributed by atoms with van der Waals surface area (Å²) in [7, 11) is 1.81. The molecule has 0 aromatic heterocycles. The largest absolute Gasteiger partial charge is 0.444 e. The van der Waals surface area contributed by atoms with Gasteiger partial charge in [-0.05, 0) is 64.6 Å². The number of β-amino-alcohol motifs (C(OH)–C–C–N with tert-alkyl or cyclic N) is 1. The minimum absolute atomic E-state index is 0.252. The average Bonchev–Trinajstić information content (AvgIpc) is 2.56. The first kappa shape index (κ1) is 20.7. The van der Waals surface area contributed by atoms with Gasteiger partial charge in [0.2, 0.25) is 0 Å². The number of hydrogen-bond donors (Lipinski definition) is 1. The molecule has 1 saturated heterocycles. The van der Waals surface area contributed by atoms with E-state index in [-0.39, 0.29) is 12.2 Å². The zero-order chi connectivity index (χ0) is 19.2. The summed E-state index contributed by atoms with van der Waals surface area (Å²) in [5, 5.41) is 10.3. The third-order valence-corrected chi connectivity index (χ3v) is 4.73. The van der Waals surface area contributed by atoms with Crippen molar-refractivity contribution in [1.29, 1.82) is 0 Å². The Morgan fingerprint density at radius 3 is 2.46 bits per heavy atom. The Balaban J connectivity index is 1.69. The summed E-state index contributed by atoms with van der Waals surface area (Å²) in [6.07, 6.45) is 2.20. The lowest BCUT2D eigenvalue weighted by molar-refractivity contribution is 0.0240. The third-order valence-electron chi connectivity index (χ3n) is 4.73. The maximum absolute atomic E-state index is 12.1. The fourth-order valence-electron chi connectivity index (χ4n) is 3.40. The molecule has 1 aliphatic rings. The van der Waals surface area contributed by atoms with Gasteiger partial charge in [-0.2, -0.15) is 0 Å². The minimum atomic E-state index is -0.455. The Hall–Kier alpha value is -1.59. The van der Waals surface area contributed by atoms with E-state index in [9.17, 15) is 9.90 Å². The lowest BCUT2D eigenvalue weighted by Gasteiger charge is -2.35. The number of amides is 1. The van der Waals surface area contributed by atoms with Crippen molar-refractivity contribution < 1.29 is 14.6 Å². The lowest BCUT2D eigenvalue weighted by Crippen LogP contribution is -2.43. The fourth-order valence-corrected chi connectivity index (χ4v) is 3.40. The second kappa shape index (κ2) is 9.38. The number of hydrogen-bond acceptors (Lipinski definition) is 4. The first-order valence-electron chi connectivity index (χ1n) is 9.61. The van der Waals surface area contributed by atoms with Crippen LogP contribution in [0.5, 0.6) is 0 Å². The molecule has 146 valence electrons. The van der Waals surface area contributed by atoms with Crippen LogP contribution in [-0.4, -0.2) is 65.9 Å². The highest BCUT2D eigenvalue weighted by atomic mass is 16.6. The molecule has 26 heavy (non-hydrogen) atoms. The molecule has 1 atom stereocenters. The molecule has 0 radical (unpaired) electrons. The molecule has 0 spiro atoms. The van der Waals surface area contributed by atoms with E-state index in [1.54, 1.807) is 4.90 Å². The predicted octanol–water partition coefficient (Wildman–Crippen LogP) is 3.17. The summed E-state index contributed by atoms with van der Waals surface area (Å²) in [5.74, 6) is 0.495. The molecule has 1 heterocycles. The maximum atomic E-state index is 12.1. The fraction of sp³-hybridized carbons (Fsp3) is 0.667. The van der Waals surface area contributed by atoms with Gasteiger partial charge >= 0.3 is 6.09 Å². The highest BCUT2D eigenvalue weighted by molar-refractivity contribution is 5.67. The molecule has 1 N–H and O–H groups in total. The van der Waals surface area contributed by atoms with Crippen molar-refractivity contribution in [2.45, 2.75) is 51.7 Å². The van der Waals surface area contributed by atoms with E-state index < -0.39 is 5.60 Å². The summed E-state index contributed by atoms with van der Waals surface area (Å²) in [6.45, 7) is 9.05. The number of aliphatic hydroxyl groups is 1. The lowest BCUT2D eigenvalue weighted by atomic mass is 9.96. The number of carbonyl (C=O) groups excluding carboxylic acids is 1. The summed E-state index contributed by atoms with van der Waals surface area (Å²) < 4.78 is 5.41. The van der Waals surface area contributed by atoms with Gasteiger partial charge in [-0.3, -0.25) is 0 Å². The highest BCUT2D eigenvalue weighted by Gasteiger charge is 2.25. The SMILES string of the molecule is CN(CC1CCN(C[C@H](O)Cc2ccccc2)CC1)C(=O)OC(C)(C)C. The van der Waals surface area contributed by atoms with Crippen molar-refractivity contribution >= 4 is 6.09 Å². The van der Waals surface area contributed by atoms with Crippen LogP contribution in [0.4, 0.5) is 4.79 Å². The van der Waals surface area contributed by atoms with Crippen LogP contribution in [-0.2, 0) is 11.2 Å². The van der Waals surface area contributed by atoms with Crippen molar-refractivity contribution in [2.24, 2.45) is 5.92 Å². The molecule has 0 bridgehead atoms. The molecule has 0 aliphatic carbocycles. The smallest absolute Gasteiger partial charge is 0.410 e. The van der Waals surface area contributed by atoms with E-state index in [1.807, 2.05) is 46.0 Å². The van der Waals surface area contributed by atoms with E-state index in [0.717, 1.165) is 32.5 Å². The van der Waals surface area contributed by atoms with Crippen molar-refractivity contribution in [2.75, 3.05) is 33.2 Å². The normalized spacial score (nSPS) is 17.7. The van der Waals surface area contributed by atoms with Crippen LogP contribution in [0, 0.1) is 5.92 Å². The first-order valence-corrected chi connectivity index (χ1v) is 9.61. The summed E-state index contributed by atoms with van der Waals surface area (Å²) in [5.41, 5.74) is 0.720. The molecule has 1 aromatic rings. The van der Waals surface area contributed by atoms with E-state index in [1.165, 1.54) is 5.56 Å². The Labute approximate surface area is 157 Å². The van der Waals surface area contributed by atoms with Gasteiger partial charge in [-0.1, -0.05) is 30.3 Å². The minimum Gasteiger partial charge on any atom is -0.444 e. The number of piperidine rings is 1.